The van der Waals surface area contributed by atoms with E-state index >= 15 is 0 Å². The van der Waals surface area contributed by atoms with Gasteiger partial charge in [-0.15, -0.1) is 0 Å². The standard InChI is InChI=1S/C23H34Cl2N2O3/c1-4-6-8-14-27(15-9-7-5-2)23(30)19(12-10-17(3)28)22(29)26-18-11-13-20(24)21(25)16-18/h11,13,16,19H,4-10,12,14-15H2,1-3H3,(H,26,29). The van der Waals surface area contributed by atoms with Crippen LogP contribution in [0.4, 0.5) is 5.69 Å². The summed E-state index contributed by atoms with van der Waals surface area (Å²) in [6.07, 6.45) is 6.37. The van der Waals surface area contributed by atoms with Crippen molar-refractivity contribution >= 4 is 46.5 Å². The fourth-order valence-electron chi connectivity index (χ4n) is 3.18. The first-order valence-corrected chi connectivity index (χ1v) is 11.6. The highest BCUT2D eigenvalue weighted by atomic mass is 35.5. The van der Waals surface area contributed by atoms with Crippen LogP contribution in [0.2, 0.25) is 10.0 Å². The minimum absolute atomic E-state index is 0.0429. The Labute approximate surface area is 190 Å². The van der Waals surface area contributed by atoms with Crippen molar-refractivity contribution < 1.29 is 14.4 Å². The van der Waals surface area contributed by atoms with Crippen molar-refractivity contribution in [2.45, 2.75) is 72.1 Å². The Morgan fingerprint density at radius 3 is 2.07 bits per heavy atom. The molecule has 1 aromatic carbocycles. The van der Waals surface area contributed by atoms with Crippen LogP contribution in [0, 0.1) is 5.92 Å². The molecule has 0 spiro atoms. The van der Waals surface area contributed by atoms with Gasteiger partial charge in [-0.25, -0.2) is 0 Å². The molecular formula is C23H34Cl2N2O3. The molecule has 0 saturated carbocycles. The summed E-state index contributed by atoms with van der Waals surface area (Å²) in [5.41, 5.74) is 0.471. The molecule has 5 nitrogen and oxygen atoms in total. The lowest BCUT2D eigenvalue weighted by Gasteiger charge is -2.27. The van der Waals surface area contributed by atoms with Crippen LogP contribution in [0.5, 0.6) is 0 Å². The first kappa shape index (κ1) is 26.4. The van der Waals surface area contributed by atoms with Gasteiger partial charge in [-0.3, -0.25) is 9.59 Å². The molecule has 0 heterocycles. The highest BCUT2D eigenvalue weighted by Gasteiger charge is 2.30. The molecule has 0 aromatic heterocycles. The summed E-state index contributed by atoms with van der Waals surface area (Å²) < 4.78 is 0. The van der Waals surface area contributed by atoms with Crippen LogP contribution in [0.25, 0.3) is 0 Å². The molecule has 168 valence electrons. The molecule has 7 heteroatoms. The summed E-state index contributed by atoms with van der Waals surface area (Å²) in [6.45, 7) is 6.96. The Kier molecular flexibility index (Phi) is 12.7. The van der Waals surface area contributed by atoms with Crippen LogP contribution in [-0.4, -0.2) is 35.6 Å². The number of anilines is 1. The highest BCUT2D eigenvalue weighted by Crippen LogP contribution is 2.26. The van der Waals surface area contributed by atoms with Crippen LogP contribution >= 0.6 is 23.2 Å². The number of carbonyl (C=O) groups excluding carboxylic acids is 3. The molecule has 0 bridgehead atoms. The molecule has 30 heavy (non-hydrogen) atoms. The number of nitrogens with one attached hydrogen (secondary N) is 1. The number of hydrogen-bond acceptors (Lipinski definition) is 3. The predicted octanol–water partition coefficient (Wildman–Crippen LogP) is 6.13. The zero-order valence-corrected chi connectivity index (χ0v) is 19.8. The van der Waals surface area contributed by atoms with E-state index in [0.717, 1.165) is 38.5 Å². The maximum atomic E-state index is 13.3. The number of rotatable bonds is 14. The average molecular weight is 457 g/mol. The van der Waals surface area contributed by atoms with Crippen LogP contribution in [0.1, 0.15) is 72.1 Å². The summed E-state index contributed by atoms with van der Waals surface area (Å²) in [6, 6.07) is 4.78. The third-order valence-electron chi connectivity index (χ3n) is 4.96. The largest absolute Gasteiger partial charge is 0.342 e. The Morgan fingerprint density at radius 1 is 0.967 bits per heavy atom. The summed E-state index contributed by atoms with van der Waals surface area (Å²) in [7, 11) is 0. The SMILES string of the molecule is CCCCCN(CCCCC)C(=O)C(CCC(C)=O)C(=O)Nc1ccc(Cl)c(Cl)c1. The number of nitrogens with zero attached hydrogens (tertiary/aromatic N) is 1. The second-order valence-corrected chi connectivity index (χ2v) is 8.47. The van der Waals surface area contributed by atoms with E-state index < -0.39 is 11.8 Å². The van der Waals surface area contributed by atoms with Gasteiger partial charge in [0, 0.05) is 25.2 Å². The molecule has 0 radical (unpaired) electrons. The summed E-state index contributed by atoms with van der Waals surface area (Å²) in [5.74, 6) is -1.58. The van der Waals surface area contributed by atoms with Crippen molar-refractivity contribution in [2.75, 3.05) is 18.4 Å². The van der Waals surface area contributed by atoms with E-state index in [1.807, 2.05) is 0 Å². The Hall–Kier alpha value is -1.59. The minimum atomic E-state index is -0.911. The van der Waals surface area contributed by atoms with Crippen molar-refractivity contribution in [1.29, 1.82) is 0 Å². The zero-order valence-electron chi connectivity index (χ0n) is 18.3. The van der Waals surface area contributed by atoms with Gasteiger partial charge in [-0.1, -0.05) is 62.7 Å². The smallest absolute Gasteiger partial charge is 0.236 e. The second-order valence-electron chi connectivity index (χ2n) is 7.65. The van der Waals surface area contributed by atoms with Crippen LogP contribution in [0.3, 0.4) is 0 Å². The fourth-order valence-corrected chi connectivity index (χ4v) is 3.47. The molecule has 1 unspecified atom stereocenters. The summed E-state index contributed by atoms with van der Waals surface area (Å²) in [4.78, 5) is 39.6. The number of hydrogen-bond donors (Lipinski definition) is 1. The fraction of sp³-hybridized carbons (Fsp3) is 0.609. The summed E-state index contributed by atoms with van der Waals surface area (Å²) in [5, 5.41) is 3.47. The number of ketones is 1. The molecule has 2 amide bonds. The van der Waals surface area contributed by atoms with Crippen molar-refractivity contribution in [3.05, 3.63) is 28.2 Å². The zero-order chi connectivity index (χ0) is 22.5. The first-order valence-electron chi connectivity index (χ1n) is 10.8. The van der Waals surface area contributed by atoms with Gasteiger partial charge in [0.1, 0.15) is 11.7 Å². The topological polar surface area (TPSA) is 66.5 Å². The van der Waals surface area contributed by atoms with Gasteiger partial charge in [-0.05, 0) is 44.4 Å². The molecule has 0 saturated heterocycles. The van der Waals surface area contributed by atoms with E-state index in [1.54, 1.807) is 23.1 Å². The van der Waals surface area contributed by atoms with Crippen molar-refractivity contribution in [3.63, 3.8) is 0 Å². The van der Waals surface area contributed by atoms with E-state index in [-0.39, 0.29) is 24.5 Å². The molecular weight excluding hydrogens is 423 g/mol. The van der Waals surface area contributed by atoms with E-state index in [1.165, 1.54) is 6.92 Å². The lowest BCUT2D eigenvalue weighted by Crippen LogP contribution is -2.42. The third-order valence-corrected chi connectivity index (χ3v) is 5.70. The van der Waals surface area contributed by atoms with E-state index in [4.69, 9.17) is 23.2 Å². The normalized spacial score (nSPS) is 11.8. The van der Waals surface area contributed by atoms with Crippen molar-refractivity contribution in [1.82, 2.24) is 4.90 Å². The predicted molar refractivity (Wildman–Crippen MR) is 124 cm³/mol. The summed E-state index contributed by atoms with van der Waals surface area (Å²) >= 11 is 12.0. The maximum Gasteiger partial charge on any atom is 0.236 e. The first-order chi connectivity index (χ1) is 14.3. The van der Waals surface area contributed by atoms with Crippen LogP contribution in [0.15, 0.2) is 18.2 Å². The highest BCUT2D eigenvalue weighted by molar-refractivity contribution is 6.42. The van der Waals surface area contributed by atoms with Gasteiger partial charge >= 0.3 is 0 Å². The molecule has 1 aromatic rings. The molecule has 0 fully saturated rings. The Morgan fingerprint density at radius 2 is 1.57 bits per heavy atom. The number of Topliss-reactive ketones (excluding diaryl/α,β-unsaturated/α-hetero) is 1. The van der Waals surface area contributed by atoms with Crippen molar-refractivity contribution in [3.8, 4) is 0 Å². The Bertz CT molecular complexity index is 700. The molecule has 0 aliphatic carbocycles. The molecule has 1 N–H and O–H groups in total. The van der Waals surface area contributed by atoms with Crippen LogP contribution in [-0.2, 0) is 14.4 Å². The molecule has 1 atom stereocenters. The second kappa shape index (κ2) is 14.4. The van der Waals surface area contributed by atoms with Gasteiger partial charge < -0.3 is 15.0 Å². The Balaban J connectivity index is 2.98. The monoisotopic (exact) mass is 456 g/mol. The van der Waals surface area contributed by atoms with E-state index in [0.29, 0.717) is 28.8 Å². The van der Waals surface area contributed by atoms with Gasteiger partial charge in [0.25, 0.3) is 0 Å². The van der Waals surface area contributed by atoms with Gasteiger partial charge in [0.15, 0.2) is 0 Å². The van der Waals surface area contributed by atoms with E-state index in [2.05, 4.69) is 19.2 Å². The number of unbranched alkanes of at least 4 members (excludes halogenated alkanes) is 4. The molecule has 0 aliphatic rings. The minimum Gasteiger partial charge on any atom is -0.342 e. The van der Waals surface area contributed by atoms with Crippen LogP contribution < -0.4 is 5.32 Å². The quantitative estimate of drug-likeness (QED) is 0.270. The van der Waals surface area contributed by atoms with Gasteiger partial charge in [-0.2, -0.15) is 0 Å². The third kappa shape index (κ3) is 9.48. The molecule has 0 aliphatic heterocycles. The van der Waals surface area contributed by atoms with Gasteiger partial charge in [0.2, 0.25) is 11.8 Å². The molecule has 1 rings (SSSR count). The lowest BCUT2D eigenvalue weighted by atomic mass is 9.98. The number of halogens is 2. The number of carbonyl (C=O) groups is 3. The average Bonchev–Trinajstić information content (AvgIpc) is 2.69. The van der Waals surface area contributed by atoms with Gasteiger partial charge in [0.05, 0.1) is 10.0 Å². The maximum absolute atomic E-state index is 13.3. The lowest BCUT2D eigenvalue weighted by molar-refractivity contribution is -0.141. The van der Waals surface area contributed by atoms with Crippen molar-refractivity contribution in [2.24, 2.45) is 5.92 Å². The number of benzene rings is 1. The number of amides is 2. The van der Waals surface area contributed by atoms with E-state index in [9.17, 15) is 14.4 Å².